The van der Waals surface area contributed by atoms with Gasteiger partial charge in [0.15, 0.2) is 5.82 Å². The summed E-state index contributed by atoms with van der Waals surface area (Å²) in [6.45, 7) is 1.65. The molecule has 0 radical (unpaired) electrons. The molecule has 0 aliphatic rings. The first kappa shape index (κ1) is 12.5. The van der Waals surface area contributed by atoms with Gasteiger partial charge in [0, 0.05) is 31.7 Å². The molecule has 0 saturated carbocycles. The second-order valence-electron chi connectivity index (χ2n) is 4.45. The zero-order valence-corrected chi connectivity index (χ0v) is 10.9. The number of rotatable bonds is 6. The van der Waals surface area contributed by atoms with E-state index in [1.54, 1.807) is 17.0 Å². The Morgan fingerprint density at radius 3 is 3.00 bits per heavy atom. The molecule has 7 nitrogen and oxygen atoms in total. The fraction of sp³-hybridized carbons (Fsp3) is 0.231. The number of nitrogens with one attached hydrogen (secondary N) is 2. The van der Waals surface area contributed by atoms with Crippen LogP contribution in [-0.2, 0) is 6.54 Å². The van der Waals surface area contributed by atoms with Gasteiger partial charge in [-0.1, -0.05) is 6.07 Å². The number of aromatic nitrogens is 4. The van der Waals surface area contributed by atoms with Crippen molar-refractivity contribution in [3.63, 3.8) is 0 Å². The van der Waals surface area contributed by atoms with Gasteiger partial charge >= 0.3 is 0 Å². The molecule has 0 fully saturated rings. The Morgan fingerprint density at radius 2 is 2.20 bits per heavy atom. The SMILES string of the molecule is ONc1c(NCCCn2ccnc2)nn2ccccc12. The zero-order valence-electron chi connectivity index (χ0n) is 10.9. The molecule has 0 amide bonds. The third-order valence-corrected chi connectivity index (χ3v) is 3.10. The number of pyridine rings is 1. The van der Waals surface area contributed by atoms with E-state index in [2.05, 4.69) is 20.9 Å². The highest BCUT2D eigenvalue weighted by atomic mass is 16.5. The highest BCUT2D eigenvalue weighted by Crippen LogP contribution is 2.25. The summed E-state index contributed by atoms with van der Waals surface area (Å²) in [5, 5.41) is 16.9. The highest BCUT2D eigenvalue weighted by molar-refractivity contribution is 5.82. The van der Waals surface area contributed by atoms with Crippen LogP contribution in [-0.4, -0.2) is 30.9 Å². The smallest absolute Gasteiger partial charge is 0.174 e. The summed E-state index contributed by atoms with van der Waals surface area (Å²) >= 11 is 0. The molecular weight excluding hydrogens is 256 g/mol. The molecule has 0 aliphatic carbocycles. The predicted molar refractivity (Wildman–Crippen MR) is 75.9 cm³/mol. The van der Waals surface area contributed by atoms with E-state index in [-0.39, 0.29) is 0 Å². The number of aryl methyl sites for hydroxylation is 1. The van der Waals surface area contributed by atoms with Crippen LogP contribution < -0.4 is 10.8 Å². The third kappa shape index (κ3) is 2.43. The van der Waals surface area contributed by atoms with Crippen molar-refractivity contribution in [2.75, 3.05) is 17.3 Å². The molecule has 0 saturated heterocycles. The molecule has 0 spiro atoms. The monoisotopic (exact) mass is 272 g/mol. The Balaban J connectivity index is 1.65. The first-order valence-electron chi connectivity index (χ1n) is 6.45. The lowest BCUT2D eigenvalue weighted by Gasteiger charge is -2.05. The van der Waals surface area contributed by atoms with Crippen LogP contribution in [0.15, 0.2) is 43.1 Å². The third-order valence-electron chi connectivity index (χ3n) is 3.10. The summed E-state index contributed by atoms with van der Waals surface area (Å²) < 4.78 is 3.74. The van der Waals surface area contributed by atoms with Crippen molar-refractivity contribution in [2.24, 2.45) is 0 Å². The van der Waals surface area contributed by atoms with Gasteiger partial charge in [-0.15, -0.1) is 5.10 Å². The molecule has 3 rings (SSSR count). The Kier molecular flexibility index (Phi) is 3.51. The van der Waals surface area contributed by atoms with Gasteiger partial charge in [0.2, 0.25) is 0 Å². The number of imidazole rings is 1. The quantitative estimate of drug-likeness (QED) is 0.471. The van der Waals surface area contributed by atoms with Crippen molar-refractivity contribution in [3.8, 4) is 0 Å². The second kappa shape index (κ2) is 5.62. The standard InChI is InChI=1S/C13H16N6O/c20-17-12-11-4-1-2-8-19(11)16-13(12)15-5-3-7-18-9-6-14-10-18/h1-2,4,6,8-10,17,20H,3,5,7H2,(H,15,16). The molecule has 0 bridgehead atoms. The maximum absolute atomic E-state index is 9.26. The molecule has 3 aromatic rings. The van der Waals surface area contributed by atoms with Gasteiger partial charge in [-0.05, 0) is 18.6 Å². The highest BCUT2D eigenvalue weighted by Gasteiger charge is 2.10. The average Bonchev–Trinajstić information content (AvgIpc) is 3.10. The van der Waals surface area contributed by atoms with Crippen molar-refractivity contribution >= 4 is 17.0 Å². The van der Waals surface area contributed by atoms with E-state index in [4.69, 9.17) is 0 Å². The Bertz CT molecular complexity index is 675. The van der Waals surface area contributed by atoms with Crippen LogP contribution in [0.2, 0.25) is 0 Å². The molecule has 7 heteroatoms. The largest absolute Gasteiger partial charge is 0.367 e. The van der Waals surface area contributed by atoms with Crippen molar-refractivity contribution in [1.82, 2.24) is 19.2 Å². The molecule has 0 aliphatic heterocycles. The van der Waals surface area contributed by atoms with E-state index in [0.717, 1.165) is 25.0 Å². The zero-order chi connectivity index (χ0) is 13.8. The Labute approximate surface area is 115 Å². The molecular formula is C13H16N6O. The summed E-state index contributed by atoms with van der Waals surface area (Å²) in [6.07, 6.45) is 8.28. The van der Waals surface area contributed by atoms with E-state index >= 15 is 0 Å². The van der Waals surface area contributed by atoms with E-state index in [1.165, 1.54) is 0 Å². The first-order valence-corrected chi connectivity index (χ1v) is 6.45. The van der Waals surface area contributed by atoms with Gasteiger partial charge in [0.25, 0.3) is 0 Å². The molecule has 3 aromatic heterocycles. The van der Waals surface area contributed by atoms with Crippen LogP contribution in [0.3, 0.4) is 0 Å². The number of anilines is 2. The Morgan fingerprint density at radius 1 is 1.25 bits per heavy atom. The number of nitrogens with zero attached hydrogens (tertiary/aromatic N) is 4. The average molecular weight is 272 g/mol. The van der Waals surface area contributed by atoms with E-state index in [1.807, 2.05) is 35.2 Å². The summed E-state index contributed by atoms with van der Waals surface area (Å²) in [4.78, 5) is 4.00. The van der Waals surface area contributed by atoms with Gasteiger partial charge in [-0.25, -0.2) is 9.50 Å². The minimum atomic E-state index is 0.591. The van der Waals surface area contributed by atoms with Crippen LogP contribution in [0.5, 0.6) is 0 Å². The second-order valence-corrected chi connectivity index (χ2v) is 4.45. The van der Waals surface area contributed by atoms with Gasteiger partial charge in [-0.3, -0.25) is 10.7 Å². The summed E-state index contributed by atoms with van der Waals surface area (Å²) in [5.74, 6) is 0.643. The fourth-order valence-corrected chi connectivity index (χ4v) is 2.12. The molecule has 3 heterocycles. The number of hydrogen-bond acceptors (Lipinski definition) is 5. The molecule has 0 atom stereocenters. The molecule has 20 heavy (non-hydrogen) atoms. The van der Waals surface area contributed by atoms with Crippen molar-refractivity contribution in [2.45, 2.75) is 13.0 Å². The molecule has 104 valence electrons. The normalized spacial score (nSPS) is 10.8. The first-order chi connectivity index (χ1) is 9.88. The summed E-state index contributed by atoms with van der Waals surface area (Å²) in [6, 6.07) is 5.69. The molecule has 0 aromatic carbocycles. The van der Waals surface area contributed by atoms with Crippen LogP contribution in [0.25, 0.3) is 5.52 Å². The van der Waals surface area contributed by atoms with Crippen LogP contribution in [0.1, 0.15) is 6.42 Å². The topological polar surface area (TPSA) is 79.4 Å². The van der Waals surface area contributed by atoms with Crippen molar-refractivity contribution < 1.29 is 5.21 Å². The van der Waals surface area contributed by atoms with Crippen LogP contribution in [0, 0.1) is 0 Å². The molecule has 0 unspecified atom stereocenters. The lowest BCUT2D eigenvalue weighted by molar-refractivity contribution is 0.390. The van der Waals surface area contributed by atoms with E-state index < -0.39 is 0 Å². The van der Waals surface area contributed by atoms with Gasteiger partial charge in [0.1, 0.15) is 5.69 Å². The Hall–Kier alpha value is -2.54. The van der Waals surface area contributed by atoms with Crippen molar-refractivity contribution in [1.29, 1.82) is 0 Å². The minimum absolute atomic E-state index is 0.591. The van der Waals surface area contributed by atoms with Gasteiger partial charge in [0.05, 0.1) is 11.8 Å². The lowest BCUT2D eigenvalue weighted by Crippen LogP contribution is -2.07. The van der Waals surface area contributed by atoms with Crippen molar-refractivity contribution in [3.05, 3.63) is 43.1 Å². The van der Waals surface area contributed by atoms with Crippen LogP contribution >= 0.6 is 0 Å². The maximum Gasteiger partial charge on any atom is 0.174 e. The van der Waals surface area contributed by atoms with Gasteiger partial charge in [-0.2, -0.15) is 0 Å². The molecule has 3 N–H and O–H groups in total. The lowest BCUT2D eigenvalue weighted by atomic mass is 10.3. The predicted octanol–water partition coefficient (Wildman–Crippen LogP) is 1.83. The number of hydrogen-bond donors (Lipinski definition) is 3. The van der Waals surface area contributed by atoms with E-state index in [0.29, 0.717) is 11.5 Å². The van der Waals surface area contributed by atoms with Crippen LogP contribution in [0.4, 0.5) is 11.5 Å². The number of fused-ring (bicyclic) bond motifs is 1. The minimum Gasteiger partial charge on any atom is -0.367 e. The van der Waals surface area contributed by atoms with Gasteiger partial charge < -0.3 is 9.88 Å². The summed E-state index contributed by atoms with van der Waals surface area (Å²) in [7, 11) is 0. The fourth-order valence-electron chi connectivity index (χ4n) is 2.12. The maximum atomic E-state index is 9.26. The summed E-state index contributed by atoms with van der Waals surface area (Å²) in [5.41, 5.74) is 3.63. The van der Waals surface area contributed by atoms with E-state index in [9.17, 15) is 5.21 Å².